The number of benzene rings is 3. The van der Waals surface area contributed by atoms with Crippen molar-refractivity contribution >= 4 is 38.9 Å². The van der Waals surface area contributed by atoms with Crippen molar-refractivity contribution < 1.29 is 22.7 Å². The average molecular weight is 487 g/mol. The van der Waals surface area contributed by atoms with Gasteiger partial charge in [0.15, 0.2) is 0 Å². The first-order valence-corrected chi connectivity index (χ1v) is 11.6. The van der Waals surface area contributed by atoms with Crippen molar-refractivity contribution in [3.05, 3.63) is 90.0 Å². The summed E-state index contributed by atoms with van der Waals surface area (Å²) in [6.45, 7) is 3.68. The predicted octanol–water partition coefficient (Wildman–Crippen LogP) is 4.99. The van der Waals surface area contributed by atoms with Gasteiger partial charge in [0, 0.05) is 29.4 Å². The standard InChI is InChI=1S/C24H23ClN2O5S/c1-4-12-27(19-8-6-5-7-9-19)33(29,30)23-13-17(10-11-22(23)25)24(28)26-18-14-20(31-2)16-21(15-18)32-3/h4-11,13-16H,1,12H2,2-3H3,(H,26,28). The minimum absolute atomic E-state index is 0.000377. The monoisotopic (exact) mass is 486 g/mol. The maximum Gasteiger partial charge on any atom is 0.266 e. The van der Waals surface area contributed by atoms with Crippen LogP contribution in [0.25, 0.3) is 0 Å². The number of sulfonamides is 1. The molecule has 3 aromatic rings. The summed E-state index contributed by atoms with van der Waals surface area (Å²) in [5, 5.41) is 2.72. The zero-order valence-electron chi connectivity index (χ0n) is 18.1. The molecule has 0 radical (unpaired) electrons. The van der Waals surface area contributed by atoms with Gasteiger partial charge in [0.05, 0.1) is 31.5 Å². The van der Waals surface area contributed by atoms with Gasteiger partial charge in [-0.25, -0.2) is 8.42 Å². The molecule has 7 nitrogen and oxygen atoms in total. The largest absolute Gasteiger partial charge is 0.497 e. The van der Waals surface area contributed by atoms with Gasteiger partial charge in [0.2, 0.25) is 0 Å². The molecule has 0 aliphatic rings. The minimum Gasteiger partial charge on any atom is -0.497 e. The quantitative estimate of drug-likeness (QED) is 0.431. The minimum atomic E-state index is -4.09. The van der Waals surface area contributed by atoms with Crippen LogP contribution in [-0.4, -0.2) is 35.1 Å². The van der Waals surface area contributed by atoms with E-state index in [4.69, 9.17) is 21.1 Å². The number of amides is 1. The number of ether oxygens (including phenoxy) is 2. The van der Waals surface area contributed by atoms with E-state index in [1.54, 1.807) is 48.5 Å². The SMILES string of the molecule is C=CCN(c1ccccc1)S(=O)(=O)c1cc(C(=O)Nc2cc(OC)cc(OC)c2)ccc1Cl. The van der Waals surface area contributed by atoms with E-state index < -0.39 is 15.9 Å². The molecule has 33 heavy (non-hydrogen) atoms. The number of methoxy groups -OCH3 is 2. The molecule has 0 aliphatic heterocycles. The van der Waals surface area contributed by atoms with Gasteiger partial charge in [0.25, 0.3) is 15.9 Å². The number of hydrogen-bond donors (Lipinski definition) is 1. The van der Waals surface area contributed by atoms with Gasteiger partial charge >= 0.3 is 0 Å². The van der Waals surface area contributed by atoms with Gasteiger partial charge in [-0.05, 0) is 30.3 Å². The maximum atomic E-state index is 13.5. The highest BCUT2D eigenvalue weighted by molar-refractivity contribution is 7.93. The zero-order valence-corrected chi connectivity index (χ0v) is 19.7. The van der Waals surface area contributed by atoms with Crippen LogP contribution in [0.5, 0.6) is 11.5 Å². The number of nitrogens with one attached hydrogen (secondary N) is 1. The summed E-state index contributed by atoms with van der Waals surface area (Å²) in [4.78, 5) is 12.7. The Kier molecular flexibility index (Phi) is 7.63. The van der Waals surface area contributed by atoms with Gasteiger partial charge in [-0.3, -0.25) is 9.10 Å². The van der Waals surface area contributed by atoms with Crippen LogP contribution in [0.15, 0.2) is 84.3 Å². The van der Waals surface area contributed by atoms with Crippen molar-refractivity contribution in [2.75, 3.05) is 30.4 Å². The lowest BCUT2D eigenvalue weighted by atomic mass is 10.2. The number of rotatable bonds is 9. The number of carbonyl (C=O) groups excluding carboxylic acids is 1. The van der Waals surface area contributed by atoms with Crippen LogP contribution in [0.2, 0.25) is 5.02 Å². The molecule has 0 unspecified atom stereocenters. The van der Waals surface area contributed by atoms with Crippen LogP contribution in [0.1, 0.15) is 10.4 Å². The first-order chi connectivity index (χ1) is 15.8. The lowest BCUT2D eigenvalue weighted by Gasteiger charge is -2.24. The van der Waals surface area contributed by atoms with Crippen LogP contribution in [-0.2, 0) is 10.0 Å². The normalized spacial score (nSPS) is 10.9. The number of carbonyl (C=O) groups is 1. The van der Waals surface area contributed by atoms with E-state index in [9.17, 15) is 13.2 Å². The summed E-state index contributed by atoms with van der Waals surface area (Å²) < 4.78 is 38.5. The lowest BCUT2D eigenvalue weighted by molar-refractivity contribution is 0.102. The second-order valence-corrected chi connectivity index (χ2v) is 9.10. The highest BCUT2D eigenvalue weighted by atomic mass is 35.5. The van der Waals surface area contributed by atoms with E-state index in [-0.39, 0.29) is 22.0 Å². The molecule has 1 N–H and O–H groups in total. The fraction of sp³-hybridized carbons (Fsp3) is 0.125. The van der Waals surface area contributed by atoms with E-state index in [1.165, 1.54) is 42.8 Å². The number of halogens is 1. The summed E-state index contributed by atoms with van der Waals surface area (Å²) >= 11 is 6.26. The van der Waals surface area contributed by atoms with Gasteiger partial charge in [-0.15, -0.1) is 6.58 Å². The Morgan fingerprint density at radius 3 is 2.24 bits per heavy atom. The van der Waals surface area contributed by atoms with Gasteiger partial charge in [-0.1, -0.05) is 35.9 Å². The topological polar surface area (TPSA) is 84.9 Å². The summed E-state index contributed by atoms with van der Waals surface area (Å²) in [5.41, 5.74) is 0.992. The maximum absolute atomic E-state index is 13.5. The molecule has 3 rings (SSSR count). The summed E-state index contributed by atoms with van der Waals surface area (Å²) in [5.74, 6) is 0.465. The van der Waals surface area contributed by atoms with Crippen LogP contribution in [0, 0.1) is 0 Å². The first kappa shape index (κ1) is 24.2. The fourth-order valence-corrected chi connectivity index (χ4v) is 5.04. The molecule has 9 heteroatoms. The second-order valence-electron chi connectivity index (χ2n) is 6.86. The van der Waals surface area contributed by atoms with E-state index in [0.717, 1.165) is 0 Å². The Hall–Kier alpha value is -3.49. The molecule has 0 aliphatic carbocycles. The summed E-state index contributed by atoms with van der Waals surface area (Å²) in [6, 6.07) is 17.6. The molecule has 0 spiro atoms. The Morgan fingerprint density at radius 1 is 1.03 bits per heavy atom. The third-order valence-electron chi connectivity index (χ3n) is 4.71. The third-order valence-corrected chi connectivity index (χ3v) is 6.99. The van der Waals surface area contributed by atoms with Gasteiger partial charge in [-0.2, -0.15) is 0 Å². The van der Waals surface area contributed by atoms with Crippen molar-refractivity contribution in [2.45, 2.75) is 4.90 Å². The number of para-hydroxylation sites is 1. The van der Waals surface area contributed by atoms with Crippen LogP contribution in [0.3, 0.4) is 0 Å². The highest BCUT2D eigenvalue weighted by Crippen LogP contribution is 2.30. The molecule has 0 saturated heterocycles. The Balaban J connectivity index is 1.97. The summed E-state index contributed by atoms with van der Waals surface area (Å²) in [6.07, 6.45) is 1.48. The van der Waals surface area contributed by atoms with E-state index in [1.807, 2.05) is 0 Å². The second kappa shape index (κ2) is 10.4. The van der Waals surface area contributed by atoms with Crippen molar-refractivity contribution in [1.82, 2.24) is 0 Å². The van der Waals surface area contributed by atoms with E-state index >= 15 is 0 Å². The van der Waals surface area contributed by atoms with E-state index in [2.05, 4.69) is 11.9 Å². The van der Waals surface area contributed by atoms with E-state index in [0.29, 0.717) is 22.9 Å². The number of nitrogens with zero attached hydrogens (tertiary/aromatic N) is 1. The molecule has 3 aromatic carbocycles. The molecule has 0 fully saturated rings. The smallest absolute Gasteiger partial charge is 0.266 e. The molecule has 1 amide bonds. The fourth-order valence-electron chi connectivity index (χ4n) is 3.10. The molecule has 0 atom stereocenters. The Morgan fingerprint density at radius 2 is 1.67 bits per heavy atom. The highest BCUT2D eigenvalue weighted by Gasteiger charge is 2.27. The molecule has 0 aromatic heterocycles. The van der Waals surface area contributed by atoms with Crippen LogP contribution >= 0.6 is 11.6 Å². The number of anilines is 2. The molecule has 0 saturated carbocycles. The summed E-state index contributed by atoms with van der Waals surface area (Å²) in [7, 11) is -1.09. The molecular formula is C24H23ClN2O5S. The molecule has 0 heterocycles. The van der Waals surface area contributed by atoms with Crippen molar-refractivity contribution in [1.29, 1.82) is 0 Å². The average Bonchev–Trinajstić information content (AvgIpc) is 2.82. The zero-order chi connectivity index (χ0) is 24.0. The lowest BCUT2D eigenvalue weighted by Crippen LogP contribution is -2.31. The predicted molar refractivity (Wildman–Crippen MR) is 130 cm³/mol. The molecule has 0 bridgehead atoms. The van der Waals surface area contributed by atoms with Crippen LogP contribution < -0.4 is 19.1 Å². The third kappa shape index (κ3) is 5.47. The van der Waals surface area contributed by atoms with Gasteiger partial charge < -0.3 is 14.8 Å². The van der Waals surface area contributed by atoms with Crippen molar-refractivity contribution in [3.8, 4) is 11.5 Å². The van der Waals surface area contributed by atoms with Crippen molar-refractivity contribution in [2.24, 2.45) is 0 Å². The van der Waals surface area contributed by atoms with Crippen LogP contribution in [0.4, 0.5) is 11.4 Å². The number of hydrogen-bond acceptors (Lipinski definition) is 5. The Bertz CT molecular complexity index is 1240. The first-order valence-electron chi connectivity index (χ1n) is 9.82. The molecule has 172 valence electrons. The molecular weight excluding hydrogens is 464 g/mol. The van der Waals surface area contributed by atoms with Crippen molar-refractivity contribution in [3.63, 3.8) is 0 Å². The van der Waals surface area contributed by atoms with Gasteiger partial charge in [0.1, 0.15) is 16.4 Å². The Labute approximate surface area is 198 Å².